The molecule has 33 heavy (non-hydrogen) atoms. The van der Waals surface area contributed by atoms with Gasteiger partial charge in [-0.05, 0) is 60.6 Å². The largest absolute Gasteiger partial charge is 0.465 e. The first-order valence-corrected chi connectivity index (χ1v) is 11.5. The first kappa shape index (κ1) is 21.2. The third kappa shape index (κ3) is 4.11. The molecule has 1 fully saturated rings. The van der Waals surface area contributed by atoms with E-state index in [2.05, 4.69) is 6.92 Å². The van der Waals surface area contributed by atoms with Crippen LogP contribution in [-0.2, 0) is 6.42 Å². The number of carbonyl (C=O) groups is 2. The third-order valence-corrected chi connectivity index (χ3v) is 6.59. The minimum atomic E-state index is -0.433. The number of primary amides is 1. The summed E-state index contributed by atoms with van der Waals surface area (Å²) in [4.78, 5) is 34.1. The molecule has 2 N–H and O–H groups in total. The molecule has 0 bridgehead atoms. The van der Waals surface area contributed by atoms with E-state index < -0.39 is 6.03 Å². The van der Waals surface area contributed by atoms with E-state index in [0.717, 1.165) is 51.9 Å². The Morgan fingerprint density at radius 2 is 1.85 bits per heavy atom. The molecule has 1 unspecified atom stereocenters. The highest BCUT2D eigenvalue weighted by Crippen LogP contribution is 2.39. The number of amides is 3. The fourth-order valence-corrected chi connectivity index (χ4v) is 5.02. The molecule has 0 spiro atoms. The average molecular weight is 445 g/mol. The second-order valence-corrected chi connectivity index (χ2v) is 9.00. The maximum Gasteiger partial charge on any atom is 0.314 e. The second kappa shape index (κ2) is 8.73. The number of pyridine rings is 1. The number of carbonyl (C=O) groups excluding carboxylic acids is 2. The highest BCUT2D eigenvalue weighted by molar-refractivity contribution is 6.09. The van der Waals surface area contributed by atoms with Gasteiger partial charge in [-0.15, -0.1) is 0 Å². The minimum absolute atomic E-state index is 0.00243. The molecular formula is C26H28N4O3. The van der Waals surface area contributed by atoms with Gasteiger partial charge in [0.25, 0.3) is 5.91 Å². The number of nitrogens with zero attached hydrogens (tertiary/aromatic N) is 3. The summed E-state index contributed by atoms with van der Waals surface area (Å²) in [5.74, 6) is 1.16. The number of rotatable bonds is 2. The number of fused-ring (bicyclic) bond motifs is 2. The molecule has 3 aromatic rings. The van der Waals surface area contributed by atoms with Gasteiger partial charge in [-0.25, -0.2) is 9.78 Å². The van der Waals surface area contributed by atoms with Crippen LogP contribution in [0.1, 0.15) is 47.1 Å². The lowest BCUT2D eigenvalue weighted by Crippen LogP contribution is -2.40. The highest BCUT2D eigenvalue weighted by atomic mass is 16.3. The number of nitrogens with two attached hydrogens (primary N) is 1. The van der Waals surface area contributed by atoms with E-state index in [4.69, 9.17) is 15.1 Å². The molecule has 0 saturated carbocycles. The summed E-state index contributed by atoms with van der Waals surface area (Å²) in [7, 11) is 0. The smallest absolute Gasteiger partial charge is 0.314 e. The Bertz CT molecular complexity index is 1230. The maximum absolute atomic E-state index is 14.0. The van der Waals surface area contributed by atoms with E-state index >= 15 is 0 Å². The van der Waals surface area contributed by atoms with Gasteiger partial charge in [0.1, 0.15) is 5.76 Å². The van der Waals surface area contributed by atoms with E-state index in [1.54, 1.807) is 11.2 Å². The van der Waals surface area contributed by atoms with Gasteiger partial charge in [0.05, 0.1) is 23.0 Å². The van der Waals surface area contributed by atoms with Crippen LogP contribution in [0.3, 0.4) is 0 Å². The quantitative estimate of drug-likeness (QED) is 0.642. The number of furan rings is 1. The lowest BCUT2D eigenvalue weighted by atomic mass is 9.80. The molecule has 1 saturated heterocycles. The van der Waals surface area contributed by atoms with Gasteiger partial charge >= 0.3 is 6.03 Å². The van der Waals surface area contributed by atoms with Gasteiger partial charge in [-0.1, -0.05) is 25.1 Å². The van der Waals surface area contributed by atoms with E-state index in [-0.39, 0.29) is 5.91 Å². The van der Waals surface area contributed by atoms with E-state index in [0.29, 0.717) is 38.5 Å². The van der Waals surface area contributed by atoms with Gasteiger partial charge in [0.15, 0.2) is 0 Å². The minimum Gasteiger partial charge on any atom is -0.465 e. The fourth-order valence-electron chi connectivity index (χ4n) is 5.02. The first-order chi connectivity index (χ1) is 16.0. The van der Waals surface area contributed by atoms with Crippen molar-refractivity contribution < 1.29 is 14.0 Å². The van der Waals surface area contributed by atoms with Crippen molar-refractivity contribution in [1.82, 2.24) is 14.8 Å². The molecule has 1 aromatic carbocycles. The van der Waals surface area contributed by atoms with Gasteiger partial charge < -0.3 is 20.0 Å². The molecule has 7 heteroatoms. The summed E-state index contributed by atoms with van der Waals surface area (Å²) in [5.41, 5.74) is 10.0. The number of hydrogen-bond donors (Lipinski definition) is 1. The van der Waals surface area contributed by atoms with Crippen molar-refractivity contribution in [1.29, 1.82) is 0 Å². The Morgan fingerprint density at radius 3 is 2.64 bits per heavy atom. The Morgan fingerprint density at radius 1 is 1.06 bits per heavy atom. The highest BCUT2D eigenvalue weighted by Gasteiger charge is 2.31. The van der Waals surface area contributed by atoms with Crippen molar-refractivity contribution >= 4 is 34.5 Å². The Labute approximate surface area is 192 Å². The fraction of sp³-hybridized carbons (Fsp3) is 0.346. The van der Waals surface area contributed by atoms with Crippen molar-refractivity contribution in [2.45, 2.75) is 26.2 Å². The zero-order valence-electron chi connectivity index (χ0n) is 18.8. The van der Waals surface area contributed by atoms with Crippen LogP contribution >= 0.6 is 0 Å². The standard InChI is InChI=1S/C26H28N4O3/c1-17-14-18(16-19-6-4-13-33-19)24-21(15-17)23(20-7-2-3-8-22(20)28-24)25(31)29-9-5-10-30(12-11-29)26(27)32/h2-4,6-8,13,16-17H,5,9-12,14-15H2,1H3,(H2,27,32)/b18-16-. The summed E-state index contributed by atoms with van der Waals surface area (Å²) in [6.07, 6.45) is 6.09. The molecular weight excluding hydrogens is 416 g/mol. The van der Waals surface area contributed by atoms with E-state index in [9.17, 15) is 9.59 Å². The average Bonchev–Trinajstić information content (AvgIpc) is 3.18. The molecule has 0 radical (unpaired) electrons. The molecule has 2 aliphatic rings. The molecule has 7 nitrogen and oxygen atoms in total. The van der Waals surface area contributed by atoms with Crippen LogP contribution in [0.4, 0.5) is 4.79 Å². The predicted molar refractivity (Wildman–Crippen MR) is 127 cm³/mol. The van der Waals surface area contributed by atoms with E-state index in [1.807, 2.05) is 47.4 Å². The third-order valence-electron chi connectivity index (χ3n) is 6.59. The Hall–Kier alpha value is -3.61. The number of allylic oxidation sites excluding steroid dienone is 1. The lowest BCUT2D eigenvalue weighted by Gasteiger charge is -2.29. The Balaban J connectivity index is 1.62. The number of aromatic nitrogens is 1. The van der Waals surface area contributed by atoms with Crippen molar-refractivity contribution in [3.8, 4) is 0 Å². The summed E-state index contributed by atoms with van der Waals surface area (Å²) in [5, 5.41) is 0.878. The van der Waals surface area contributed by atoms with E-state index in [1.165, 1.54) is 0 Å². The number of para-hydroxylation sites is 1. The Kier molecular flexibility index (Phi) is 5.62. The zero-order valence-corrected chi connectivity index (χ0v) is 18.8. The lowest BCUT2D eigenvalue weighted by molar-refractivity contribution is 0.0763. The van der Waals surface area contributed by atoms with Gasteiger partial charge in [-0.2, -0.15) is 0 Å². The normalized spacial score (nSPS) is 20.0. The number of hydrogen-bond acceptors (Lipinski definition) is 4. The molecule has 3 heterocycles. The topological polar surface area (TPSA) is 92.7 Å². The van der Waals surface area contributed by atoms with Crippen molar-refractivity contribution in [3.63, 3.8) is 0 Å². The predicted octanol–water partition coefficient (Wildman–Crippen LogP) is 4.18. The molecule has 3 amide bonds. The molecule has 1 atom stereocenters. The molecule has 1 aliphatic carbocycles. The number of urea groups is 1. The first-order valence-electron chi connectivity index (χ1n) is 11.5. The summed E-state index contributed by atoms with van der Waals surface area (Å²) in [6, 6.07) is 11.2. The van der Waals surface area contributed by atoms with Crippen molar-refractivity contribution in [2.24, 2.45) is 11.7 Å². The number of benzene rings is 1. The van der Waals surface area contributed by atoms with Gasteiger partial charge in [0, 0.05) is 31.6 Å². The van der Waals surface area contributed by atoms with Crippen molar-refractivity contribution in [2.75, 3.05) is 26.2 Å². The van der Waals surface area contributed by atoms with Gasteiger partial charge in [-0.3, -0.25) is 4.79 Å². The van der Waals surface area contributed by atoms with Crippen LogP contribution in [0, 0.1) is 5.92 Å². The summed E-state index contributed by atoms with van der Waals surface area (Å²) >= 11 is 0. The maximum atomic E-state index is 14.0. The van der Waals surface area contributed by atoms with Crippen LogP contribution in [0.25, 0.3) is 22.6 Å². The van der Waals surface area contributed by atoms with Crippen LogP contribution in [-0.4, -0.2) is 52.9 Å². The second-order valence-electron chi connectivity index (χ2n) is 9.00. The molecule has 2 aromatic heterocycles. The van der Waals surface area contributed by atoms with Crippen LogP contribution in [0.5, 0.6) is 0 Å². The van der Waals surface area contributed by atoms with Gasteiger partial charge in [0.2, 0.25) is 0 Å². The molecule has 170 valence electrons. The van der Waals surface area contributed by atoms with Crippen LogP contribution < -0.4 is 5.73 Å². The summed E-state index contributed by atoms with van der Waals surface area (Å²) in [6.45, 7) is 4.29. The van der Waals surface area contributed by atoms with Crippen molar-refractivity contribution in [3.05, 3.63) is 65.2 Å². The zero-order chi connectivity index (χ0) is 22.9. The van der Waals surface area contributed by atoms with Crippen LogP contribution in [0.2, 0.25) is 0 Å². The molecule has 5 rings (SSSR count). The summed E-state index contributed by atoms with van der Waals surface area (Å²) < 4.78 is 5.57. The SMILES string of the molecule is CC1C/C(=C/c2ccco2)c2nc3ccccc3c(C(=O)N3CCCN(C(N)=O)CC3)c2C1. The molecule has 1 aliphatic heterocycles. The van der Waals surface area contributed by atoms with Crippen LogP contribution in [0.15, 0.2) is 47.1 Å². The monoisotopic (exact) mass is 444 g/mol.